The molecular formula is C23H43N3. The Morgan fingerprint density at radius 3 is 2.12 bits per heavy atom. The van der Waals surface area contributed by atoms with Gasteiger partial charge in [-0.05, 0) is 89.3 Å². The van der Waals surface area contributed by atoms with Gasteiger partial charge in [-0.1, -0.05) is 13.8 Å². The predicted molar refractivity (Wildman–Crippen MR) is 110 cm³/mol. The molecule has 3 heteroatoms. The van der Waals surface area contributed by atoms with Gasteiger partial charge in [0, 0.05) is 44.2 Å². The van der Waals surface area contributed by atoms with Gasteiger partial charge in [0.15, 0.2) is 0 Å². The lowest BCUT2D eigenvalue weighted by Crippen LogP contribution is -2.59. The maximum Gasteiger partial charge on any atom is 0.00971 e. The highest BCUT2D eigenvalue weighted by atomic mass is 15.3. The lowest BCUT2D eigenvalue weighted by Gasteiger charge is -2.50. The van der Waals surface area contributed by atoms with E-state index in [0.29, 0.717) is 5.41 Å². The molecule has 0 unspecified atom stereocenters. The molecule has 0 aromatic heterocycles. The Morgan fingerprint density at radius 2 is 1.54 bits per heavy atom. The average molecular weight is 362 g/mol. The number of hydrogen-bond acceptors (Lipinski definition) is 3. The van der Waals surface area contributed by atoms with E-state index in [0.717, 1.165) is 23.3 Å². The summed E-state index contributed by atoms with van der Waals surface area (Å²) in [6.07, 6.45) is 8.78. The van der Waals surface area contributed by atoms with Crippen LogP contribution in [0.2, 0.25) is 0 Å². The van der Waals surface area contributed by atoms with Gasteiger partial charge in [0.25, 0.3) is 0 Å². The second-order valence-corrected chi connectivity index (χ2v) is 11.3. The van der Waals surface area contributed by atoms with Crippen LogP contribution in [0.5, 0.6) is 0 Å². The van der Waals surface area contributed by atoms with E-state index in [1.807, 2.05) is 0 Å². The van der Waals surface area contributed by atoms with Crippen LogP contribution in [0.3, 0.4) is 0 Å². The van der Waals surface area contributed by atoms with Gasteiger partial charge in [0.2, 0.25) is 0 Å². The van der Waals surface area contributed by atoms with E-state index in [1.54, 1.807) is 0 Å². The Kier molecular flexibility index (Phi) is 5.44. The Labute approximate surface area is 162 Å². The fourth-order valence-corrected chi connectivity index (χ4v) is 6.26. The third kappa shape index (κ3) is 4.31. The Bertz CT molecular complexity index is 468. The zero-order chi connectivity index (χ0) is 18.4. The summed E-state index contributed by atoms with van der Waals surface area (Å²) in [5.74, 6) is 1.83. The van der Waals surface area contributed by atoms with E-state index in [9.17, 15) is 0 Å². The Morgan fingerprint density at radius 1 is 0.846 bits per heavy atom. The highest BCUT2D eigenvalue weighted by molar-refractivity contribution is 5.02. The minimum atomic E-state index is 0.667. The summed E-state index contributed by atoms with van der Waals surface area (Å²) < 4.78 is 0. The highest BCUT2D eigenvalue weighted by Gasteiger charge is 2.48. The molecule has 1 aliphatic carbocycles. The molecule has 3 saturated heterocycles. The second-order valence-electron chi connectivity index (χ2n) is 11.3. The van der Waals surface area contributed by atoms with Gasteiger partial charge in [-0.25, -0.2) is 0 Å². The number of likely N-dealkylation sites (tertiary alicyclic amines) is 3. The average Bonchev–Trinajstić information content (AvgIpc) is 3.14. The van der Waals surface area contributed by atoms with E-state index < -0.39 is 0 Å². The third-order valence-electron chi connectivity index (χ3n) is 7.91. The fraction of sp³-hybridized carbons (Fsp3) is 1.00. The number of rotatable bonds is 7. The van der Waals surface area contributed by atoms with Crippen LogP contribution in [0, 0.1) is 22.7 Å². The van der Waals surface area contributed by atoms with Crippen LogP contribution in [0.1, 0.15) is 66.2 Å². The fourth-order valence-electron chi connectivity index (χ4n) is 6.26. The molecule has 0 radical (unpaired) electrons. The lowest BCUT2D eigenvalue weighted by atomic mass is 9.78. The van der Waals surface area contributed by atoms with Crippen LogP contribution < -0.4 is 0 Å². The summed E-state index contributed by atoms with van der Waals surface area (Å²) in [6.45, 7) is 20.5. The molecule has 3 aliphatic heterocycles. The monoisotopic (exact) mass is 361 g/mol. The Balaban J connectivity index is 1.16. The maximum atomic E-state index is 2.82. The molecule has 0 atom stereocenters. The SMILES string of the molecule is CC(C)CC1(CN2CCC(CN3CCC4(C3)CN(C(C)C)C4)CC2)CC1. The van der Waals surface area contributed by atoms with Crippen molar-refractivity contribution in [3.05, 3.63) is 0 Å². The topological polar surface area (TPSA) is 9.72 Å². The van der Waals surface area contributed by atoms with Gasteiger partial charge in [0.1, 0.15) is 0 Å². The van der Waals surface area contributed by atoms with Crippen molar-refractivity contribution >= 4 is 0 Å². The van der Waals surface area contributed by atoms with Crippen molar-refractivity contribution < 1.29 is 0 Å². The first kappa shape index (κ1) is 19.2. The van der Waals surface area contributed by atoms with Crippen LogP contribution in [-0.4, -0.2) is 73.1 Å². The van der Waals surface area contributed by atoms with E-state index >= 15 is 0 Å². The standard InChI is InChI=1S/C23H43N3/c1-19(2)13-22(7-8-22)15-24-10-5-21(6-11-24)14-25-12-9-23(16-25)17-26(18-23)20(3)4/h19-21H,5-18H2,1-4H3. The molecule has 0 N–H and O–H groups in total. The van der Waals surface area contributed by atoms with Gasteiger partial charge in [-0.3, -0.25) is 4.90 Å². The van der Waals surface area contributed by atoms with E-state index in [-0.39, 0.29) is 0 Å². The summed E-state index contributed by atoms with van der Waals surface area (Å²) in [5.41, 5.74) is 1.38. The summed E-state index contributed by atoms with van der Waals surface area (Å²) in [6, 6.07) is 0.740. The molecule has 150 valence electrons. The first-order chi connectivity index (χ1) is 12.4. The maximum absolute atomic E-state index is 2.82. The summed E-state index contributed by atoms with van der Waals surface area (Å²) in [7, 11) is 0. The molecule has 4 aliphatic rings. The van der Waals surface area contributed by atoms with Crippen molar-refractivity contribution in [2.24, 2.45) is 22.7 Å². The minimum absolute atomic E-state index is 0.667. The van der Waals surface area contributed by atoms with Crippen LogP contribution in [0.25, 0.3) is 0 Å². The van der Waals surface area contributed by atoms with Gasteiger partial charge in [-0.15, -0.1) is 0 Å². The quantitative estimate of drug-likeness (QED) is 0.680. The third-order valence-corrected chi connectivity index (χ3v) is 7.91. The molecule has 0 bridgehead atoms. The molecule has 3 nitrogen and oxygen atoms in total. The van der Waals surface area contributed by atoms with Gasteiger partial charge >= 0.3 is 0 Å². The van der Waals surface area contributed by atoms with E-state index in [4.69, 9.17) is 0 Å². The molecular weight excluding hydrogens is 318 g/mol. The largest absolute Gasteiger partial charge is 0.303 e. The summed E-state index contributed by atoms with van der Waals surface area (Å²) in [4.78, 5) is 8.29. The number of piperidine rings is 1. The van der Waals surface area contributed by atoms with Crippen LogP contribution in [-0.2, 0) is 0 Å². The Hall–Kier alpha value is -0.120. The molecule has 0 aromatic rings. The molecule has 0 aromatic carbocycles. The van der Waals surface area contributed by atoms with Crippen molar-refractivity contribution in [1.82, 2.24) is 14.7 Å². The minimum Gasteiger partial charge on any atom is -0.303 e. The smallest absolute Gasteiger partial charge is 0.00971 e. The molecule has 3 heterocycles. The van der Waals surface area contributed by atoms with Crippen LogP contribution >= 0.6 is 0 Å². The van der Waals surface area contributed by atoms with Crippen molar-refractivity contribution in [3.8, 4) is 0 Å². The first-order valence-corrected chi connectivity index (χ1v) is 11.6. The van der Waals surface area contributed by atoms with Crippen LogP contribution in [0.15, 0.2) is 0 Å². The van der Waals surface area contributed by atoms with Gasteiger partial charge < -0.3 is 9.80 Å². The zero-order valence-electron chi connectivity index (χ0n) is 18.0. The first-order valence-electron chi connectivity index (χ1n) is 11.6. The predicted octanol–water partition coefficient (Wildman–Crippen LogP) is 3.94. The molecule has 26 heavy (non-hydrogen) atoms. The van der Waals surface area contributed by atoms with Gasteiger partial charge in [-0.2, -0.15) is 0 Å². The van der Waals surface area contributed by atoms with Crippen molar-refractivity contribution in [2.75, 3.05) is 52.4 Å². The highest BCUT2D eigenvalue weighted by Crippen LogP contribution is 2.51. The molecule has 0 amide bonds. The molecule has 4 fully saturated rings. The number of nitrogens with zero attached hydrogens (tertiary/aromatic N) is 3. The molecule has 4 rings (SSSR count). The van der Waals surface area contributed by atoms with Crippen molar-refractivity contribution in [2.45, 2.75) is 72.3 Å². The lowest BCUT2D eigenvalue weighted by molar-refractivity contribution is -0.0154. The normalized spacial score (nSPS) is 29.8. The molecule has 1 saturated carbocycles. The van der Waals surface area contributed by atoms with Crippen LogP contribution in [0.4, 0.5) is 0 Å². The van der Waals surface area contributed by atoms with Gasteiger partial charge in [0.05, 0.1) is 0 Å². The van der Waals surface area contributed by atoms with E-state index in [1.165, 1.54) is 90.9 Å². The molecule has 1 spiro atoms. The second kappa shape index (κ2) is 7.37. The van der Waals surface area contributed by atoms with Crippen molar-refractivity contribution in [3.63, 3.8) is 0 Å². The summed E-state index contributed by atoms with van der Waals surface area (Å²) in [5, 5.41) is 0. The summed E-state index contributed by atoms with van der Waals surface area (Å²) >= 11 is 0. The van der Waals surface area contributed by atoms with Crippen molar-refractivity contribution in [1.29, 1.82) is 0 Å². The number of hydrogen-bond donors (Lipinski definition) is 0. The van der Waals surface area contributed by atoms with E-state index in [2.05, 4.69) is 42.4 Å². The zero-order valence-corrected chi connectivity index (χ0v) is 18.0.